The molecule has 0 N–H and O–H groups in total. The van der Waals surface area contributed by atoms with Crippen molar-refractivity contribution < 1.29 is 57.7 Å². The third-order valence-corrected chi connectivity index (χ3v) is 7.33. The van der Waals surface area contributed by atoms with E-state index in [-0.39, 0.29) is 42.6 Å². The van der Waals surface area contributed by atoms with Gasteiger partial charge in [-0.2, -0.15) is 0 Å². The van der Waals surface area contributed by atoms with Crippen LogP contribution in [0.4, 0.5) is 0 Å². The van der Waals surface area contributed by atoms with Gasteiger partial charge < -0.3 is 37.2 Å². The van der Waals surface area contributed by atoms with Gasteiger partial charge in [0, 0.05) is 0 Å². The van der Waals surface area contributed by atoms with Crippen LogP contribution in [0.25, 0.3) is 0 Å². The van der Waals surface area contributed by atoms with Crippen molar-refractivity contribution in [1.29, 1.82) is 0 Å². The minimum Gasteiger partial charge on any atom is -1.00 e. The van der Waals surface area contributed by atoms with Crippen molar-refractivity contribution in [3.8, 4) is 0 Å². The molecule has 0 saturated carbocycles. The Morgan fingerprint density at radius 2 is 1.09 bits per heavy atom. The fourth-order valence-corrected chi connectivity index (χ4v) is 5.83. The van der Waals surface area contributed by atoms with Crippen LogP contribution in [0.3, 0.4) is 0 Å². The molecule has 0 radical (unpaired) electrons. The summed E-state index contributed by atoms with van der Waals surface area (Å²) in [5.74, 6) is 0. The fraction of sp³-hybridized carbons (Fsp3) is 0.241. The first-order valence-corrected chi connectivity index (χ1v) is 11.6. The van der Waals surface area contributed by atoms with Crippen molar-refractivity contribution in [2.24, 2.45) is 0 Å². The van der Waals surface area contributed by atoms with Gasteiger partial charge in [0.1, 0.15) is 0 Å². The second-order valence-corrected chi connectivity index (χ2v) is 9.28. The maximum absolute atomic E-state index is 2.45. The molecule has 0 atom stereocenters. The van der Waals surface area contributed by atoms with Crippen LogP contribution in [-0.4, -0.2) is 0 Å². The van der Waals surface area contributed by atoms with Crippen LogP contribution < -0.4 is 37.2 Å². The summed E-state index contributed by atoms with van der Waals surface area (Å²) in [4.78, 5) is 0. The number of aryl methyl sites for hydroxylation is 3. The summed E-state index contributed by atoms with van der Waals surface area (Å²) >= 11 is 2.33. The number of allylic oxidation sites excluding steroid dienone is 4. The second kappa shape index (κ2) is 12.4. The molecule has 0 aromatic heterocycles. The molecule has 1 aliphatic carbocycles. The molecule has 0 nitrogen and oxygen atoms in total. The molecular formula is C29H29Cl3Ti. The average Bonchev–Trinajstić information content (AvgIpc) is 3.10. The van der Waals surface area contributed by atoms with E-state index >= 15 is 0 Å². The zero-order chi connectivity index (χ0) is 21.3. The van der Waals surface area contributed by atoms with E-state index in [1.165, 1.54) is 48.4 Å². The summed E-state index contributed by atoms with van der Waals surface area (Å²) in [6, 6.07) is 27.4. The van der Waals surface area contributed by atoms with E-state index in [0.29, 0.717) is 0 Å². The maximum Gasteiger partial charge on any atom is -1.00 e. The Morgan fingerprint density at radius 1 is 0.697 bits per heavy atom. The van der Waals surface area contributed by atoms with E-state index in [0.717, 1.165) is 12.8 Å². The number of halogens is 3. The Morgan fingerprint density at radius 3 is 1.39 bits per heavy atom. The van der Waals surface area contributed by atoms with Crippen molar-refractivity contribution in [3.05, 3.63) is 127 Å². The van der Waals surface area contributed by atoms with Crippen molar-refractivity contribution in [1.82, 2.24) is 0 Å². The molecule has 0 saturated heterocycles. The molecule has 1 aliphatic rings. The summed E-state index contributed by atoms with van der Waals surface area (Å²) in [6.07, 6.45) is 4.53. The Bertz CT molecular complexity index is 1050. The zero-order valence-electron chi connectivity index (χ0n) is 19.6. The number of rotatable bonds is 5. The molecular weight excluding hydrogens is 503 g/mol. The molecule has 3 aromatic rings. The smallest absolute Gasteiger partial charge is 1.00 e. The molecule has 33 heavy (non-hydrogen) atoms. The topological polar surface area (TPSA) is 0 Å². The number of hydrogen-bond donors (Lipinski definition) is 0. The van der Waals surface area contributed by atoms with Gasteiger partial charge in [0.15, 0.2) is 0 Å². The van der Waals surface area contributed by atoms with Crippen LogP contribution in [0.1, 0.15) is 53.1 Å². The first-order chi connectivity index (χ1) is 14.5. The first kappa shape index (κ1) is 29.8. The molecule has 3 aromatic carbocycles. The maximum atomic E-state index is 2.45. The van der Waals surface area contributed by atoms with E-state index in [2.05, 4.69) is 127 Å². The van der Waals surface area contributed by atoms with Crippen LogP contribution in [-0.2, 0) is 25.9 Å². The molecule has 0 unspecified atom stereocenters. The Kier molecular flexibility index (Phi) is 11.2. The van der Waals surface area contributed by atoms with E-state index in [4.69, 9.17) is 0 Å². The molecule has 170 valence electrons. The fourth-order valence-electron chi connectivity index (χ4n) is 4.94. The van der Waals surface area contributed by atoms with Gasteiger partial charge in [0.25, 0.3) is 0 Å². The summed E-state index contributed by atoms with van der Waals surface area (Å²) in [6.45, 7) is 8.87. The second-order valence-electron chi connectivity index (χ2n) is 8.50. The Labute approximate surface area is 229 Å². The summed E-state index contributed by atoms with van der Waals surface area (Å²) in [7, 11) is 0. The van der Waals surface area contributed by atoms with E-state index in [1.807, 2.05) is 0 Å². The third kappa shape index (κ3) is 5.53. The molecule has 0 amide bonds. The minimum absolute atomic E-state index is 0. The van der Waals surface area contributed by atoms with Crippen LogP contribution in [0, 0.1) is 20.8 Å². The molecule has 4 rings (SSSR count). The van der Waals surface area contributed by atoms with Crippen molar-refractivity contribution in [2.45, 2.75) is 46.0 Å². The number of hydrogen-bond acceptors (Lipinski definition) is 0. The Hall–Kier alpha value is -1.28. The van der Waals surface area contributed by atoms with Crippen LogP contribution in [0.2, 0.25) is 0 Å². The van der Waals surface area contributed by atoms with Crippen molar-refractivity contribution in [3.63, 3.8) is 0 Å². The van der Waals surface area contributed by atoms with Gasteiger partial charge in [-0.05, 0) is 0 Å². The molecule has 0 heterocycles. The standard InChI is InChI=1S/C29H29.3ClH.Ti/c1-5-24-15-16-28(20-24)29(25-12-6-9-21(2)17-25,26-13-7-10-22(3)18-26)27-14-8-11-23(4)19-27;;;;/h6-15,17-19H,5,16H2,1-4H3;3*1H;/q;;;;+3/p-3. The van der Waals surface area contributed by atoms with Gasteiger partial charge in [-0.1, -0.05) is 0 Å². The van der Waals surface area contributed by atoms with E-state index < -0.39 is 0 Å². The quantitative estimate of drug-likeness (QED) is 0.278. The largest absolute Gasteiger partial charge is 1.00 e. The average molecular weight is 532 g/mol. The monoisotopic (exact) mass is 530 g/mol. The molecule has 4 heteroatoms. The van der Waals surface area contributed by atoms with Crippen molar-refractivity contribution in [2.75, 3.05) is 0 Å². The zero-order valence-corrected chi connectivity index (χ0v) is 23.4. The van der Waals surface area contributed by atoms with Gasteiger partial charge >= 0.3 is 194 Å². The van der Waals surface area contributed by atoms with Gasteiger partial charge in [0.2, 0.25) is 0 Å². The van der Waals surface area contributed by atoms with E-state index in [9.17, 15) is 0 Å². The summed E-state index contributed by atoms with van der Waals surface area (Å²) < 4.78 is 1.46. The van der Waals surface area contributed by atoms with Crippen LogP contribution >= 0.6 is 0 Å². The predicted octanol–water partition coefficient (Wildman–Crippen LogP) is -1.50. The van der Waals surface area contributed by atoms with Crippen molar-refractivity contribution >= 4 is 0 Å². The minimum atomic E-state index is -0.290. The van der Waals surface area contributed by atoms with Gasteiger partial charge in [-0.15, -0.1) is 0 Å². The van der Waals surface area contributed by atoms with Gasteiger partial charge in [0.05, 0.1) is 0 Å². The van der Waals surface area contributed by atoms with Crippen LogP contribution in [0.5, 0.6) is 0 Å². The summed E-state index contributed by atoms with van der Waals surface area (Å²) in [5, 5.41) is 0. The Balaban J connectivity index is 0.00000181. The van der Waals surface area contributed by atoms with Gasteiger partial charge in [-0.25, -0.2) is 0 Å². The molecule has 0 spiro atoms. The molecule has 0 aliphatic heterocycles. The van der Waals surface area contributed by atoms with Crippen LogP contribution in [0.15, 0.2) is 93.9 Å². The molecule has 0 bridgehead atoms. The first-order valence-electron chi connectivity index (χ1n) is 10.8. The van der Waals surface area contributed by atoms with Gasteiger partial charge in [-0.3, -0.25) is 0 Å². The normalized spacial score (nSPS) is 13.0. The van der Waals surface area contributed by atoms with E-state index in [1.54, 1.807) is 0 Å². The predicted molar refractivity (Wildman–Crippen MR) is 123 cm³/mol. The SMILES string of the molecule is CCC1=CCC(C(c2cccc(C)c2)(c2cccc(C)c2)c2cccc(C)c2)=[C]1[Ti+3].[Cl-].[Cl-].[Cl-]. The summed E-state index contributed by atoms with van der Waals surface area (Å²) in [5.41, 5.74) is 10.7. The third-order valence-electron chi connectivity index (χ3n) is 6.36. The molecule has 0 fully saturated rings. The number of benzene rings is 3.